The summed E-state index contributed by atoms with van der Waals surface area (Å²) >= 11 is 0. The summed E-state index contributed by atoms with van der Waals surface area (Å²) < 4.78 is 9.32. The fourth-order valence-electron chi connectivity index (χ4n) is 8.47. The minimum absolute atomic E-state index is 0.859. The van der Waals surface area contributed by atoms with Gasteiger partial charge in [0.05, 0.1) is 22.1 Å². The van der Waals surface area contributed by atoms with Crippen molar-refractivity contribution < 1.29 is 4.42 Å². The Morgan fingerprint density at radius 1 is 0.396 bits per heavy atom. The lowest BCUT2D eigenvalue weighted by molar-refractivity contribution is 0.669. The summed E-state index contributed by atoms with van der Waals surface area (Å²) in [6, 6.07) is 69.5. The Balaban J connectivity index is 1.22. The lowest BCUT2D eigenvalue weighted by atomic mass is 9.93. The molecule has 0 fully saturated rings. The van der Waals surface area contributed by atoms with E-state index in [1.165, 1.54) is 43.5 Å². The van der Waals surface area contributed by atoms with Crippen LogP contribution in [0.25, 0.3) is 82.1 Å². The molecule has 53 heavy (non-hydrogen) atoms. The molecule has 0 radical (unpaired) electrons. The second-order valence-corrected chi connectivity index (χ2v) is 13.7. The number of nitrogens with zero attached hydrogens (tertiary/aromatic N) is 2. The van der Waals surface area contributed by atoms with E-state index in [2.05, 4.69) is 204 Å². The molecule has 0 atom stereocenters. The second kappa shape index (κ2) is 11.7. The van der Waals surface area contributed by atoms with Crippen molar-refractivity contribution in [2.45, 2.75) is 0 Å². The lowest BCUT2D eigenvalue weighted by Crippen LogP contribution is -2.10. The molecule has 3 heteroatoms. The number of rotatable bonds is 5. The van der Waals surface area contributed by atoms with Crippen LogP contribution in [0.1, 0.15) is 0 Å². The summed E-state index contributed by atoms with van der Waals surface area (Å²) in [6.45, 7) is 0. The molecule has 11 rings (SSSR count). The average Bonchev–Trinajstić information content (AvgIpc) is 3.78. The Hall–Kier alpha value is -7.10. The number of para-hydroxylation sites is 4. The predicted molar refractivity (Wildman–Crippen MR) is 223 cm³/mol. The maximum Gasteiger partial charge on any atom is 0.137 e. The molecule has 9 aromatic carbocycles. The van der Waals surface area contributed by atoms with Crippen LogP contribution in [0, 0.1) is 0 Å². The highest BCUT2D eigenvalue weighted by Gasteiger charge is 2.24. The van der Waals surface area contributed by atoms with Crippen molar-refractivity contribution >= 4 is 82.4 Å². The fourth-order valence-corrected chi connectivity index (χ4v) is 8.47. The van der Waals surface area contributed by atoms with E-state index in [0.717, 1.165) is 55.6 Å². The molecule has 0 amide bonds. The minimum atomic E-state index is 0.859. The SMILES string of the molecule is c1ccc(N(c2ccc3ccccc3c2)c2cccc3oc4cc(-c5cccc6c7ccccc7n(-c7ccccc7)c56)c5ccccc5c4c23)cc1. The van der Waals surface area contributed by atoms with E-state index in [4.69, 9.17) is 4.42 Å². The van der Waals surface area contributed by atoms with E-state index < -0.39 is 0 Å². The molecule has 248 valence electrons. The zero-order valence-electron chi connectivity index (χ0n) is 28.8. The van der Waals surface area contributed by atoms with Gasteiger partial charge in [-0.1, -0.05) is 133 Å². The van der Waals surface area contributed by atoms with Crippen LogP contribution in [0.2, 0.25) is 0 Å². The van der Waals surface area contributed by atoms with Crippen LogP contribution in [0.4, 0.5) is 17.1 Å². The van der Waals surface area contributed by atoms with E-state index in [0.29, 0.717) is 0 Å². The third-order valence-corrected chi connectivity index (χ3v) is 10.7. The molecule has 0 unspecified atom stereocenters. The first-order chi connectivity index (χ1) is 26.3. The Kier molecular flexibility index (Phi) is 6.55. The topological polar surface area (TPSA) is 21.3 Å². The maximum absolute atomic E-state index is 6.91. The molecule has 2 aromatic heterocycles. The molecule has 0 aliphatic heterocycles. The van der Waals surface area contributed by atoms with E-state index >= 15 is 0 Å². The molecule has 2 heterocycles. The van der Waals surface area contributed by atoms with Crippen LogP contribution in [-0.4, -0.2) is 4.57 Å². The third kappa shape index (κ3) is 4.54. The molecule has 0 aliphatic carbocycles. The average molecular weight is 677 g/mol. The van der Waals surface area contributed by atoms with Crippen molar-refractivity contribution in [1.82, 2.24) is 4.57 Å². The highest BCUT2D eigenvalue weighted by Crippen LogP contribution is 2.48. The summed E-state index contributed by atoms with van der Waals surface area (Å²) in [7, 11) is 0. The summed E-state index contributed by atoms with van der Waals surface area (Å²) in [5.41, 5.74) is 10.8. The molecule has 0 saturated heterocycles. The summed E-state index contributed by atoms with van der Waals surface area (Å²) in [5.74, 6) is 0. The van der Waals surface area contributed by atoms with Crippen molar-refractivity contribution in [1.29, 1.82) is 0 Å². The van der Waals surface area contributed by atoms with Gasteiger partial charge in [-0.05, 0) is 87.8 Å². The van der Waals surface area contributed by atoms with Gasteiger partial charge in [0, 0.05) is 38.8 Å². The number of furan rings is 1. The molecule has 0 N–H and O–H groups in total. The predicted octanol–water partition coefficient (Wildman–Crippen LogP) is 14.1. The highest BCUT2D eigenvalue weighted by molar-refractivity contribution is 6.27. The lowest BCUT2D eigenvalue weighted by Gasteiger charge is -2.26. The van der Waals surface area contributed by atoms with Gasteiger partial charge in [0.2, 0.25) is 0 Å². The first-order valence-corrected chi connectivity index (χ1v) is 18.1. The minimum Gasteiger partial charge on any atom is -0.456 e. The van der Waals surface area contributed by atoms with Crippen LogP contribution in [-0.2, 0) is 0 Å². The number of hydrogen-bond donors (Lipinski definition) is 0. The molecular weight excluding hydrogens is 645 g/mol. The number of benzene rings is 9. The van der Waals surface area contributed by atoms with Crippen LogP contribution in [0.5, 0.6) is 0 Å². The number of hydrogen-bond acceptors (Lipinski definition) is 2. The Morgan fingerprint density at radius 3 is 1.92 bits per heavy atom. The molecule has 0 spiro atoms. The summed E-state index contributed by atoms with van der Waals surface area (Å²) in [6.07, 6.45) is 0. The monoisotopic (exact) mass is 676 g/mol. The van der Waals surface area contributed by atoms with E-state index in [1.54, 1.807) is 0 Å². The Labute approximate surface area is 306 Å². The maximum atomic E-state index is 6.91. The molecule has 0 saturated carbocycles. The first kappa shape index (κ1) is 29.6. The smallest absolute Gasteiger partial charge is 0.137 e. The van der Waals surface area contributed by atoms with Gasteiger partial charge in [-0.3, -0.25) is 0 Å². The zero-order valence-corrected chi connectivity index (χ0v) is 28.8. The first-order valence-electron chi connectivity index (χ1n) is 18.1. The molecular formula is C50H32N2O. The van der Waals surface area contributed by atoms with Crippen molar-refractivity contribution in [2.24, 2.45) is 0 Å². The van der Waals surface area contributed by atoms with Crippen LogP contribution in [0.3, 0.4) is 0 Å². The highest BCUT2D eigenvalue weighted by atomic mass is 16.3. The van der Waals surface area contributed by atoms with Crippen molar-refractivity contribution in [3.05, 3.63) is 194 Å². The number of anilines is 3. The van der Waals surface area contributed by atoms with E-state index in [-0.39, 0.29) is 0 Å². The van der Waals surface area contributed by atoms with Gasteiger partial charge in [0.25, 0.3) is 0 Å². The Bertz CT molecular complexity index is 3170. The molecule has 11 aromatic rings. The van der Waals surface area contributed by atoms with Gasteiger partial charge in [-0.2, -0.15) is 0 Å². The van der Waals surface area contributed by atoms with Gasteiger partial charge in [-0.15, -0.1) is 0 Å². The normalized spacial score (nSPS) is 11.8. The van der Waals surface area contributed by atoms with Crippen molar-refractivity contribution in [3.8, 4) is 16.8 Å². The van der Waals surface area contributed by atoms with Crippen LogP contribution < -0.4 is 4.90 Å². The quantitative estimate of drug-likeness (QED) is 0.181. The number of fused-ring (bicyclic) bond motifs is 9. The summed E-state index contributed by atoms with van der Waals surface area (Å²) in [5, 5.41) is 9.45. The van der Waals surface area contributed by atoms with E-state index in [9.17, 15) is 0 Å². The third-order valence-electron chi connectivity index (χ3n) is 10.7. The van der Waals surface area contributed by atoms with Gasteiger partial charge < -0.3 is 13.9 Å². The summed E-state index contributed by atoms with van der Waals surface area (Å²) in [4.78, 5) is 2.37. The Morgan fingerprint density at radius 2 is 1.08 bits per heavy atom. The van der Waals surface area contributed by atoms with Gasteiger partial charge in [0.15, 0.2) is 0 Å². The van der Waals surface area contributed by atoms with Gasteiger partial charge >= 0.3 is 0 Å². The molecule has 3 nitrogen and oxygen atoms in total. The standard InChI is InChI=1S/C50H32N2O/c1-3-17-35(18-4-1)51(37-30-29-33-15-7-8-16-34(33)31-37)45-27-14-28-46-49(45)48-40-23-10-9-21-38(40)43(32-47(48)53-46)42-25-13-24-41-39-22-11-12-26-44(39)52(50(41)42)36-19-5-2-6-20-36/h1-32H. The van der Waals surface area contributed by atoms with Gasteiger partial charge in [-0.25, -0.2) is 0 Å². The van der Waals surface area contributed by atoms with Crippen molar-refractivity contribution in [3.63, 3.8) is 0 Å². The number of aromatic nitrogens is 1. The molecule has 0 bridgehead atoms. The van der Waals surface area contributed by atoms with Crippen LogP contribution in [0.15, 0.2) is 199 Å². The zero-order chi connectivity index (χ0) is 34.9. The van der Waals surface area contributed by atoms with Gasteiger partial charge in [0.1, 0.15) is 11.2 Å². The molecule has 0 aliphatic rings. The second-order valence-electron chi connectivity index (χ2n) is 13.7. The van der Waals surface area contributed by atoms with Crippen LogP contribution >= 0.6 is 0 Å². The van der Waals surface area contributed by atoms with Crippen molar-refractivity contribution in [2.75, 3.05) is 4.90 Å². The van der Waals surface area contributed by atoms with E-state index in [1.807, 2.05) is 0 Å². The largest absolute Gasteiger partial charge is 0.456 e. The fraction of sp³-hybridized carbons (Fsp3) is 0.